The van der Waals surface area contributed by atoms with Gasteiger partial charge in [0.15, 0.2) is 0 Å². The maximum atomic E-state index is 12.0. The first-order chi connectivity index (χ1) is 7.06. The second-order valence-electron chi connectivity index (χ2n) is 4.78. The summed E-state index contributed by atoms with van der Waals surface area (Å²) in [5.41, 5.74) is -5.86. The molecule has 0 N–H and O–H groups in total. The van der Waals surface area contributed by atoms with E-state index < -0.39 is 27.6 Å². The van der Waals surface area contributed by atoms with Crippen LogP contribution >= 0.6 is 0 Å². The summed E-state index contributed by atoms with van der Waals surface area (Å²) in [6.45, 7) is 3.03. The predicted octanol–water partition coefficient (Wildman–Crippen LogP) is 2.68. The van der Waals surface area contributed by atoms with Crippen molar-refractivity contribution < 1.29 is 25.8 Å². The van der Waals surface area contributed by atoms with Crippen molar-refractivity contribution in [1.82, 2.24) is 0 Å². The quantitative estimate of drug-likeness (QED) is 0.576. The summed E-state index contributed by atoms with van der Waals surface area (Å²) in [6, 6.07) is 0. The van der Waals surface area contributed by atoms with Crippen LogP contribution in [0.1, 0.15) is 33.1 Å². The van der Waals surface area contributed by atoms with Gasteiger partial charge in [0.2, 0.25) is 0 Å². The van der Waals surface area contributed by atoms with Gasteiger partial charge in [-0.15, -0.1) is 0 Å². The zero-order valence-electron chi connectivity index (χ0n) is 9.17. The maximum Gasteiger partial charge on any atom is 0.523 e. The van der Waals surface area contributed by atoms with Gasteiger partial charge in [0.25, 0.3) is 0 Å². The average molecular weight is 260 g/mol. The molecule has 3 nitrogen and oxygen atoms in total. The fraction of sp³-hybridized carbons (Fsp3) is 1.00. The molecular formula is C9H15F3O3S. The molecule has 0 aliphatic heterocycles. The lowest BCUT2D eigenvalue weighted by molar-refractivity contribution is -0.0583. The summed E-state index contributed by atoms with van der Waals surface area (Å²) in [5.74, 6) is 0.246. The molecule has 1 fully saturated rings. The summed E-state index contributed by atoms with van der Waals surface area (Å²) in [4.78, 5) is 0. The molecule has 0 radical (unpaired) electrons. The molecule has 0 atom stereocenters. The van der Waals surface area contributed by atoms with Crippen molar-refractivity contribution in [3.05, 3.63) is 0 Å². The average Bonchev–Trinajstić information content (AvgIpc) is 1.94. The van der Waals surface area contributed by atoms with Gasteiger partial charge in [-0.05, 0) is 24.2 Å². The molecule has 0 spiro atoms. The van der Waals surface area contributed by atoms with Gasteiger partial charge in [0.05, 0.1) is 6.61 Å². The molecule has 1 rings (SSSR count). The number of hydrogen-bond acceptors (Lipinski definition) is 3. The number of hydrogen-bond donors (Lipinski definition) is 0. The van der Waals surface area contributed by atoms with Crippen LogP contribution in [-0.4, -0.2) is 20.5 Å². The first kappa shape index (κ1) is 13.8. The van der Waals surface area contributed by atoms with Crippen molar-refractivity contribution in [2.75, 3.05) is 6.61 Å². The Labute approximate surface area is 93.1 Å². The highest BCUT2D eigenvalue weighted by Crippen LogP contribution is 2.42. The lowest BCUT2D eigenvalue weighted by Gasteiger charge is -2.39. The van der Waals surface area contributed by atoms with Crippen molar-refractivity contribution in [1.29, 1.82) is 0 Å². The van der Waals surface area contributed by atoms with Crippen LogP contribution in [0.2, 0.25) is 0 Å². The van der Waals surface area contributed by atoms with E-state index in [1.165, 1.54) is 0 Å². The number of rotatable bonds is 4. The van der Waals surface area contributed by atoms with Gasteiger partial charge in [-0.25, -0.2) is 0 Å². The second-order valence-corrected chi connectivity index (χ2v) is 6.39. The monoisotopic (exact) mass is 260 g/mol. The van der Waals surface area contributed by atoms with Crippen molar-refractivity contribution in [2.24, 2.45) is 11.3 Å². The molecule has 0 aromatic carbocycles. The molecule has 0 unspecified atom stereocenters. The van der Waals surface area contributed by atoms with Crippen molar-refractivity contribution in [2.45, 2.75) is 38.6 Å². The van der Waals surface area contributed by atoms with Crippen LogP contribution in [0.3, 0.4) is 0 Å². The lowest BCUT2D eigenvalue weighted by Crippen LogP contribution is -2.36. The molecule has 7 heteroatoms. The van der Waals surface area contributed by atoms with Crippen molar-refractivity contribution in [3.63, 3.8) is 0 Å². The van der Waals surface area contributed by atoms with E-state index in [1.54, 1.807) is 13.8 Å². The molecular weight excluding hydrogens is 245 g/mol. The summed E-state index contributed by atoms with van der Waals surface area (Å²) in [5, 5.41) is 0. The van der Waals surface area contributed by atoms with E-state index in [4.69, 9.17) is 0 Å². The minimum Gasteiger partial charge on any atom is -0.263 e. The summed E-state index contributed by atoms with van der Waals surface area (Å²) in [7, 11) is -5.45. The Morgan fingerprint density at radius 1 is 1.25 bits per heavy atom. The minimum absolute atomic E-state index is 0.246. The first-order valence-corrected chi connectivity index (χ1v) is 6.43. The number of alkyl halides is 3. The van der Waals surface area contributed by atoms with E-state index in [0.29, 0.717) is 0 Å². The van der Waals surface area contributed by atoms with E-state index in [-0.39, 0.29) is 5.92 Å². The van der Waals surface area contributed by atoms with Crippen molar-refractivity contribution in [3.8, 4) is 0 Å². The van der Waals surface area contributed by atoms with E-state index in [1.807, 2.05) is 0 Å². The van der Waals surface area contributed by atoms with Crippen LogP contribution in [0.15, 0.2) is 0 Å². The van der Waals surface area contributed by atoms with Gasteiger partial charge < -0.3 is 0 Å². The van der Waals surface area contributed by atoms with Crippen LogP contribution in [0, 0.1) is 11.3 Å². The zero-order chi connectivity index (χ0) is 12.6. The minimum atomic E-state index is -5.45. The Bertz CT molecular complexity index is 342. The molecule has 0 aromatic rings. The molecule has 96 valence electrons. The number of halogens is 3. The van der Waals surface area contributed by atoms with Gasteiger partial charge in [-0.3, -0.25) is 4.18 Å². The normalized spacial score (nSPS) is 19.6. The van der Waals surface area contributed by atoms with Crippen molar-refractivity contribution >= 4 is 10.1 Å². The summed E-state index contributed by atoms with van der Waals surface area (Å²) in [6.07, 6.45) is 2.88. The third kappa shape index (κ3) is 2.88. The largest absolute Gasteiger partial charge is 0.523 e. The summed E-state index contributed by atoms with van der Waals surface area (Å²) >= 11 is 0. The van der Waals surface area contributed by atoms with Crippen LogP contribution < -0.4 is 0 Å². The van der Waals surface area contributed by atoms with Gasteiger partial charge in [-0.1, -0.05) is 20.3 Å². The molecule has 1 aliphatic carbocycles. The Balaban J connectivity index is 2.57. The third-order valence-electron chi connectivity index (χ3n) is 3.08. The SMILES string of the molecule is CC(C)(COS(=O)(=O)C(F)(F)F)C1CCC1. The third-order valence-corrected chi connectivity index (χ3v) is 4.08. The van der Waals surface area contributed by atoms with Gasteiger partial charge in [0.1, 0.15) is 0 Å². The Hall–Kier alpha value is -0.300. The molecule has 16 heavy (non-hydrogen) atoms. The highest BCUT2D eigenvalue weighted by Gasteiger charge is 2.48. The van der Waals surface area contributed by atoms with E-state index >= 15 is 0 Å². The van der Waals surface area contributed by atoms with Crippen LogP contribution in [0.5, 0.6) is 0 Å². The van der Waals surface area contributed by atoms with Gasteiger partial charge in [0, 0.05) is 0 Å². The molecule has 0 heterocycles. The molecule has 1 saturated carbocycles. The van der Waals surface area contributed by atoms with E-state index in [9.17, 15) is 21.6 Å². The topological polar surface area (TPSA) is 43.4 Å². The molecule has 0 amide bonds. The maximum absolute atomic E-state index is 12.0. The predicted molar refractivity (Wildman–Crippen MR) is 52.0 cm³/mol. The smallest absolute Gasteiger partial charge is 0.263 e. The summed E-state index contributed by atoms with van der Waals surface area (Å²) < 4.78 is 61.4. The van der Waals surface area contributed by atoms with Gasteiger partial charge in [-0.2, -0.15) is 21.6 Å². The second kappa shape index (κ2) is 4.18. The first-order valence-electron chi connectivity index (χ1n) is 5.02. The fourth-order valence-corrected chi connectivity index (χ4v) is 2.20. The molecule has 0 bridgehead atoms. The Morgan fingerprint density at radius 2 is 1.75 bits per heavy atom. The lowest BCUT2D eigenvalue weighted by atomic mass is 9.68. The van der Waals surface area contributed by atoms with E-state index in [0.717, 1.165) is 19.3 Å². The van der Waals surface area contributed by atoms with Crippen LogP contribution in [0.25, 0.3) is 0 Å². The molecule has 0 saturated heterocycles. The zero-order valence-corrected chi connectivity index (χ0v) is 9.99. The molecule has 1 aliphatic rings. The Kier molecular flexibility index (Phi) is 3.59. The van der Waals surface area contributed by atoms with E-state index in [2.05, 4.69) is 4.18 Å². The molecule has 0 aromatic heterocycles. The highest BCUT2D eigenvalue weighted by atomic mass is 32.2. The fourth-order valence-electron chi connectivity index (χ4n) is 1.60. The highest BCUT2D eigenvalue weighted by molar-refractivity contribution is 7.87. The van der Waals surface area contributed by atoms with Crippen LogP contribution in [-0.2, 0) is 14.3 Å². The van der Waals surface area contributed by atoms with Gasteiger partial charge >= 0.3 is 15.6 Å². The standard InChI is InChI=1S/C9H15F3O3S/c1-8(2,7-4-3-5-7)6-15-16(13,14)9(10,11)12/h7H,3-6H2,1-2H3. The van der Waals surface area contributed by atoms with Crippen LogP contribution in [0.4, 0.5) is 13.2 Å². The Morgan fingerprint density at radius 3 is 2.06 bits per heavy atom.